The molecule has 0 fully saturated rings. The molecule has 0 aliphatic carbocycles. The molecule has 0 saturated heterocycles. The average Bonchev–Trinajstić information content (AvgIpc) is 2.25. The van der Waals surface area contributed by atoms with Gasteiger partial charge in [0, 0.05) is 19.0 Å². The third-order valence-electron chi connectivity index (χ3n) is 2.31. The number of carboxylic acids is 1. The fourth-order valence-corrected chi connectivity index (χ4v) is 1.18. The van der Waals surface area contributed by atoms with E-state index in [1.165, 1.54) is 0 Å². The number of aliphatic hydroxyl groups excluding tert-OH is 1. The first-order valence-electron chi connectivity index (χ1n) is 5.46. The molecule has 4 N–H and O–H groups in total. The van der Waals surface area contributed by atoms with E-state index in [-0.39, 0.29) is 25.0 Å². The quantitative estimate of drug-likeness (QED) is 0.507. The van der Waals surface area contributed by atoms with E-state index in [1.54, 1.807) is 0 Å². The van der Waals surface area contributed by atoms with Gasteiger partial charge in [-0.3, -0.25) is 0 Å². The van der Waals surface area contributed by atoms with Gasteiger partial charge in [0.05, 0.1) is 0 Å². The van der Waals surface area contributed by atoms with Crippen LogP contribution in [0.3, 0.4) is 0 Å². The van der Waals surface area contributed by atoms with Crippen molar-refractivity contribution >= 4 is 12.0 Å². The summed E-state index contributed by atoms with van der Waals surface area (Å²) < 4.78 is 0. The number of amides is 2. The molecule has 0 aliphatic rings. The second-order valence-electron chi connectivity index (χ2n) is 3.56. The molecule has 2 amide bonds. The Bertz CT molecular complexity index is 229. The summed E-state index contributed by atoms with van der Waals surface area (Å²) in [5.41, 5.74) is 0. The highest BCUT2D eigenvalue weighted by Gasteiger charge is 2.13. The Hall–Kier alpha value is -1.30. The number of carboxylic acid groups (broad SMARTS) is 1. The molecule has 0 radical (unpaired) electrons. The molecule has 0 heterocycles. The van der Waals surface area contributed by atoms with Crippen LogP contribution < -0.4 is 10.6 Å². The number of aliphatic carboxylic acids is 1. The number of urea groups is 1. The topological polar surface area (TPSA) is 98.7 Å². The van der Waals surface area contributed by atoms with Crippen molar-refractivity contribution in [3.8, 4) is 0 Å². The molecule has 1 atom stereocenters. The minimum absolute atomic E-state index is 0.00563. The van der Waals surface area contributed by atoms with E-state index in [4.69, 9.17) is 10.2 Å². The van der Waals surface area contributed by atoms with Gasteiger partial charge in [-0.15, -0.1) is 0 Å². The number of carbonyl (C=O) groups excluding carboxylic acids is 1. The molecule has 94 valence electrons. The van der Waals surface area contributed by atoms with E-state index in [0.717, 1.165) is 12.8 Å². The Morgan fingerprint density at radius 2 is 1.81 bits per heavy atom. The molecule has 0 rings (SSSR count). The summed E-state index contributed by atoms with van der Waals surface area (Å²) >= 11 is 0. The molecule has 0 aliphatic heterocycles. The minimum Gasteiger partial charge on any atom is -0.479 e. The van der Waals surface area contributed by atoms with Crippen LogP contribution in [0, 0.1) is 0 Å². The van der Waals surface area contributed by atoms with Crippen molar-refractivity contribution in [1.82, 2.24) is 10.6 Å². The van der Waals surface area contributed by atoms with Gasteiger partial charge in [0.15, 0.2) is 6.10 Å². The van der Waals surface area contributed by atoms with Gasteiger partial charge in [-0.25, -0.2) is 9.59 Å². The molecule has 0 spiro atoms. The SMILES string of the molecule is CCC(CC)NC(=O)NCC[C@H](O)C(=O)O. The lowest BCUT2D eigenvalue weighted by molar-refractivity contribution is -0.146. The van der Waals surface area contributed by atoms with Crippen LogP contribution in [0.1, 0.15) is 33.1 Å². The summed E-state index contributed by atoms with van der Waals surface area (Å²) in [6.07, 6.45) is 0.281. The molecule has 0 unspecified atom stereocenters. The smallest absolute Gasteiger partial charge is 0.332 e. The predicted octanol–water partition coefficient (Wildman–Crippen LogP) is 0.310. The third-order valence-corrected chi connectivity index (χ3v) is 2.31. The summed E-state index contributed by atoms with van der Waals surface area (Å²) in [7, 11) is 0. The highest BCUT2D eigenvalue weighted by Crippen LogP contribution is 1.95. The van der Waals surface area contributed by atoms with E-state index >= 15 is 0 Å². The molecule has 0 aromatic rings. The lowest BCUT2D eigenvalue weighted by Gasteiger charge is -2.15. The molecule has 0 bridgehead atoms. The molecular weight excluding hydrogens is 212 g/mol. The van der Waals surface area contributed by atoms with Crippen LogP contribution in [-0.4, -0.2) is 40.9 Å². The Balaban J connectivity index is 3.69. The first-order chi connectivity index (χ1) is 7.51. The molecule has 0 aromatic carbocycles. The monoisotopic (exact) mass is 232 g/mol. The van der Waals surface area contributed by atoms with Crippen LogP contribution in [0.5, 0.6) is 0 Å². The van der Waals surface area contributed by atoms with Gasteiger partial charge < -0.3 is 20.8 Å². The number of aliphatic hydroxyl groups is 1. The zero-order valence-electron chi connectivity index (χ0n) is 9.69. The highest BCUT2D eigenvalue weighted by molar-refractivity contribution is 5.74. The van der Waals surface area contributed by atoms with Gasteiger partial charge in [0.25, 0.3) is 0 Å². The summed E-state index contributed by atoms with van der Waals surface area (Å²) in [6.45, 7) is 4.09. The summed E-state index contributed by atoms with van der Waals surface area (Å²) in [5, 5.41) is 22.6. The largest absolute Gasteiger partial charge is 0.479 e. The van der Waals surface area contributed by atoms with Gasteiger partial charge in [-0.05, 0) is 12.8 Å². The van der Waals surface area contributed by atoms with Gasteiger partial charge in [-0.1, -0.05) is 13.8 Å². The van der Waals surface area contributed by atoms with Crippen molar-refractivity contribution in [1.29, 1.82) is 0 Å². The average molecular weight is 232 g/mol. The number of rotatable bonds is 7. The van der Waals surface area contributed by atoms with Crippen molar-refractivity contribution in [3.05, 3.63) is 0 Å². The zero-order chi connectivity index (χ0) is 12.6. The highest BCUT2D eigenvalue weighted by atomic mass is 16.4. The maximum absolute atomic E-state index is 11.3. The number of carbonyl (C=O) groups is 2. The summed E-state index contributed by atoms with van der Waals surface area (Å²) in [5.74, 6) is -1.28. The van der Waals surface area contributed by atoms with Crippen LogP contribution in [0.4, 0.5) is 4.79 Å². The normalized spacial score (nSPS) is 12.2. The Morgan fingerprint density at radius 1 is 1.25 bits per heavy atom. The van der Waals surface area contributed by atoms with Crippen LogP contribution in [0.2, 0.25) is 0 Å². The number of hydrogen-bond donors (Lipinski definition) is 4. The second kappa shape index (κ2) is 7.92. The van der Waals surface area contributed by atoms with Crippen LogP contribution >= 0.6 is 0 Å². The van der Waals surface area contributed by atoms with Crippen LogP contribution in [-0.2, 0) is 4.79 Å². The van der Waals surface area contributed by atoms with Crippen molar-refractivity contribution < 1.29 is 19.8 Å². The van der Waals surface area contributed by atoms with E-state index in [9.17, 15) is 9.59 Å². The molecule has 0 saturated carbocycles. The molecular formula is C10H20N2O4. The lowest BCUT2D eigenvalue weighted by atomic mass is 10.2. The first kappa shape index (κ1) is 14.7. The Kier molecular flexibility index (Phi) is 7.28. The van der Waals surface area contributed by atoms with Crippen molar-refractivity contribution in [2.75, 3.05) is 6.54 Å². The number of hydrogen-bond acceptors (Lipinski definition) is 3. The molecule has 16 heavy (non-hydrogen) atoms. The molecule has 0 aromatic heterocycles. The van der Waals surface area contributed by atoms with Gasteiger partial charge in [0.2, 0.25) is 0 Å². The van der Waals surface area contributed by atoms with Crippen molar-refractivity contribution in [3.63, 3.8) is 0 Å². The third kappa shape index (κ3) is 6.23. The molecule has 6 heteroatoms. The van der Waals surface area contributed by atoms with E-state index in [1.807, 2.05) is 13.8 Å². The van der Waals surface area contributed by atoms with Gasteiger partial charge in [-0.2, -0.15) is 0 Å². The van der Waals surface area contributed by atoms with Crippen molar-refractivity contribution in [2.24, 2.45) is 0 Å². The second-order valence-corrected chi connectivity index (χ2v) is 3.56. The summed E-state index contributed by atoms with van der Waals surface area (Å²) in [4.78, 5) is 21.5. The Labute approximate surface area is 95.0 Å². The maximum Gasteiger partial charge on any atom is 0.332 e. The fourth-order valence-electron chi connectivity index (χ4n) is 1.18. The zero-order valence-corrected chi connectivity index (χ0v) is 9.69. The van der Waals surface area contributed by atoms with E-state index in [2.05, 4.69) is 10.6 Å². The Morgan fingerprint density at radius 3 is 2.25 bits per heavy atom. The van der Waals surface area contributed by atoms with Crippen LogP contribution in [0.25, 0.3) is 0 Å². The van der Waals surface area contributed by atoms with Crippen molar-refractivity contribution in [2.45, 2.75) is 45.3 Å². The maximum atomic E-state index is 11.3. The molecule has 6 nitrogen and oxygen atoms in total. The summed E-state index contributed by atoms with van der Waals surface area (Å²) in [6, 6.07) is -0.198. The lowest BCUT2D eigenvalue weighted by Crippen LogP contribution is -2.42. The van der Waals surface area contributed by atoms with Gasteiger partial charge >= 0.3 is 12.0 Å². The van der Waals surface area contributed by atoms with Gasteiger partial charge in [0.1, 0.15) is 0 Å². The number of nitrogens with one attached hydrogen (secondary N) is 2. The van der Waals surface area contributed by atoms with Crippen LogP contribution in [0.15, 0.2) is 0 Å². The fraction of sp³-hybridized carbons (Fsp3) is 0.800. The van der Waals surface area contributed by atoms with E-state index in [0.29, 0.717) is 0 Å². The first-order valence-corrected chi connectivity index (χ1v) is 5.46. The standard InChI is InChI=1S/C10H20N2O4/c1-3-7(4-2)12-10(16)11-6-5-8(13)9(14)15/h7-8,13H,3-6H2,1-2H3,(H,14,15)(H2,11,12,16)/t8-/m0/s1. The van der Waals surface area contributed by atoms with E-state index < -0.39 is 12.1 Å². The predicted molar refractivity (Wildman–Crippen MR) is 59.2 cm³/mol. The minimum atomic E-state index is -1.42.